The number of rotatable bonds is 4. The number of aromatic nitrogens is 2. The number of carbonyl (C=O) groups excluding carboxylic acids is 1. The van der Waals surface area contributed by atoms with Gasteiger partial charge in [0.05, 0.1) is 36.2 Å². The summed E-state index contributed by atoms with van der Waals surface area (Å²) in [7, 11) is 0. The van der Waals surface area contributed by atoms with Gasteiger partial charge < -0.3 is 14.8 Å². The highest BCUT2D eigenvalue weighted by Gasteiger charge is 2.29. The van der Waals surface area contributed by atoms with Crippen molar-refractivity contribution >= 4 is 5.91 Å². The van der Waals surface area contributed by atoms with Gasteiger partial charge >= 0.3 is 0 Å². The second-order valence-electron chi connectivity index (χ2n) is 6.99. The molecule has 0 spiro atoms. The molecule has 2 aliphatic rings. The van der Waals surface area contributed by atoms with E-state index in [1.807, 2.05) is 26.0 Å². The van der Waals surface area contributed by atoms with Crippen molar-refractivity contribution in [1.29, 1.82) is 0 Å². The minimum absolute atomic E-state index is 0.0282. The van der Waals surface area contributed by atoms with Gasteiger partial charge in [-0.1, -0.05) is 12.1 Å². The van der Waals surface area contributed by atoms with Gasteiger partial charge in [0.25, 0.3) is 0 Å². The van der Waals surface area contributed by atoms with Crippen molar-refractivity contribution in [2.24, 2.45) is 5.92 Å². The molecule has 0 bridgehead atoms. The number of fused-ring (bicyclic) bond motifs is 1. The summed E-state index contributed by atoms with van der Waals surface area (Å²) in [5, 5.41) is 3.01. The van der Waals surface area contributed by atoms with Crippen LogP contribution in [0.4, 0.5) is 0 Å². The first kappa shape index (κ1) is 17.0. The van der Waals surface area contributed by atoms with Crippen LogP contribution in [0.3, 0.4) is 0 Å². The Morgan fingerprint density at radius 1 is 1.35 bits per heavy atom. The lowest BCUT2D eigenvalue weighted by Gasteiger charge is -2.15. The molecule has 1 N–H and O–H groups in total. The number of aryl methyl sites for hydroxylation is 2. The van der Waals surface area contributed by atoms with Crippen LogP contribution in [0.25, 0.3) is 11.3 Å². The Morgan fingerprint density at radius 2 is 2.23 bits per heavy atom. The van der Waals surface area contributed by atoms with Crippen molar-refractivity contribution in [2.45, 2.75) is 32.8 Å². The highest BCUT2D eigenvalue weighted by Crippen LogP contribution is 2.38. The monoisotopic (exact) mass is 353 g/mol. The number of hydrogen-bond donors (Lipinski definition) is 1. The van der Waals surface area contributed by atoms with E-state index in [1.165, 1.54) is 0 Å². The molecule has 26 heavy (non-hydrogen) atoms. The number of nitrogens with one attached hydrogen (secondary N) is 1. The van der Waals surface area contributed by atoms with Gasteiger partial charge in [-0.3, -0.25) is 9.78 Å². The Balaban J connectivity index is 1.49. The molecule has 2 atom stereocenters. The third-order valence-corrected chi connectivity index (χ3v) is 4.96. The van der Waals surface area contributed by atoms with E-state index < -0.39 is 0 Å². The molecule has 0 saturated carbocycles. The normalized spacial score (nSPS) is 21.3. The van der Waals surface area contributed by atoms with E-state index in [0.717, 1.165) is 46.8 Å². The van der Waals surface area contributed by atoms with Crippen molar-refractivity contribution < 1.29 is 14.3 Å². The molecular formula is C20H23N3O3. The molecule has 6 nitrogen and oxygen atoms in total. The first-order chi connectivity index (χ1) is 12.6. The summed E-state index contributed by atoms with van der Waals surface area (Å²) >= 11 is 0. The van der Waals surface area contributed by atoms with Gasteiger partial charge in [-0.25, -0.2) is 4.98 Å². The minimum atomic E-state index is -0.0597. The van der Waals surface area contributed by atoms with Crippen LogP contribution in [0.5, 0.6) is 5.75 Å². The number of nitrogens with zero attached hydrogens (tertiary/aromatic N) is 2. The number of benzene rings is 1. The Morgan fingerprint density at radius 3 is 3.04 bits per heavy atom. The molecule has 136 valence electrons. The van der Waals surface area contributed by atoms with Gasteiger partial charge in [0.2, 0.25) is 5.91 Å². The van der Waals surface area contributed by atoms with E-state index in [-0.39, 0.29) is 17.9 Å². The molecule has 1 aromatic heterocycles. The van der Waals surface area contributed by atoms with E-state index in [4.69, 9.17) is 9.47 Å². The summed E-state index contributed by atoms with van der Waals surface area (Å²) in [4.78, 5) is 21.2. The lowest BCUT2D eigenvalue weighted by molar-refractivity contribution is -0.125. The molecule has 0 aliphatic carbocycles. The molecule has 3 heterocycles. The van der Waals surface area contributed by atoms with Crippen LogP contribution >= 0.6 is 0 Å². The first-order valence-corrected chi connectivity index (χ1v) is 9.06. The van der Waals surface area contributed by atoms with E-state index >= 15 is 0 Å². The second-order valence-corrected chi connectivity index (χ2v) is 6.99. The SMILES string of the molecule is Cc1cnc(C)c(-c2cccc3c2O[C@@H](CNC(=O)[C@@H]2CCOC2)C3)n1. The lowest BCUT2D eigenvalue weighted by atomic mass is 10.0. The zero-order chi connectivity index (χ0) is 18.1. The molecule has 1 amide bonds. The average Bonchev–Trinajstić information content (AvgIpc) is 3.30. The number of para-hydroxylation sites is 1. The highest BCUT2D eigenvalue weighted by molar-refractivity contribution is 5.79. The zero-order valence-electron chi connectivity index (χ0n) is 15.1. The number of hydrogen-bond acceptors (Lipinski definition) is 5. The largest absolute Gasteiger partial charge is 0.487 e. The molecule has 4 rings (SSSR count). The number of amides is 1. The number of carbonyl (C=O) groups is 1. The maximum Gasteiger partial charge on any atom is 0.225 e. The second kappa shape index (κ2) is 7.03. The summed E-state index contributed by atoms with van der Waals surface area (Å²) in [5.74, 6) is 0.890. The molecule has 0 radical (unpaired) electrons. The maximum atomic E-state index is 12.2. The number of ether oxygens (including phenoxy) is 2. The fraction of sp³-hybridized carbons (Fsp3) is 0.450. The molecule has 1 saturated heterocycles. The quantitative estimate of drug-likeness (QED) is 0.912. The van der Waals surface area contributed by atoms with Gasteiger partial charge in [-0.15, -0.1) is 0 Å². The van der Waals surface area contributed by atoms with Crippen LogP contribution in [-0.4, -0.2) is 41.7 Å². The third kappa shape index (κ3) is 3.29. The van der Waals surface area contributed by atoms with E-state index in [0.29, 0.717) is 19.8 Å². The Hall–Kier alpha value is -2.47. The Bertz CT molecular complexity index is 831. The molecule has 2 aromatic rings. The summed E-state index contributed by atoms with van der Waals surface area (Å²) in [6, 6.07) is 6.12. The first-order valence-electron chi connectivity index (χ1n) is 9.06. The van der Waals surface area contributed by atoms with Gasteiger partial charge in [-0.05, 0) is 31.9 Å². The fourth-order valence-corrected chi connectivity index (χ4v) is 3.53. The smallest absolute Gasteiger partial charge is 0.225 e. The van der Waals surface area contributed by atoms with Gasteiger partial charge in [-0.2, -0.15) is 0 Å². The van der Waals surface area contributed by atoms with Crippen LogP contribution in [0.2, 0.25) is 0 Å². The summed E-state index contributed by atoms with van der Waals surface area (Å²) in [6.45, 7) is 5.58. The van der Waals surface area contributed by atoms with Gasteiger partial charge in [0, 0.05) is 24.8 Å². The van der Waals surface area contributed by atoms with E-state index in [2.05, 4.69) is 21.4 Å². The molecular weight excluding hydrogens is 330 g/mol. The third-order valence-electron chi connectivity index (χ3n) is 4.96. The standard InChI is InChI=1S/C20H23N3O3/c1-12-9-21-13(2)18(23-12)17-5-3-4-14-8-16(26-19(14)17)10-22-20(24)15-6-7-25-11-15/h3-5,9,15-16H,6-8,10-11H2,1-2H3,(H,22,24)/t15-,16-/m1/s1. The fourth-order valence-electron chi connectivity index (χ4n) is 3.53. The Labute approximate surface area is 153 Å². The molecule has 0 unspecified atom stereocenters. The van der Waals surface area contributed by atoms with Crippen LogP contribution in [-0.2, 0) is 16.0 Å². The average molecular weight is 353 g/mol. The summed E-state index contributed by atoms with van der Waals surface area (Å²) < 4.78 is 11.5. The lowest BCUT2D eigenvalue weighted by Crippen LogP contribution is -2.38. The molecule has 1 aromatic carbocycles. The van der Waals surface area contributed by atoms with Crippen LogP contribution < -0.4 is 10.1 Å². The van der Waals surface area contributed by atoms with Crippen molar-refractivity contribution in [1.82, 2.24) is 15.3 Å². The van der Waals surface area contributed by atoms with Crippen LogP contribution in [0.15, 0.2) is 24.4 Å². The van der Waals surface area contributed by atoms with Gasteiger partial charge in [0.1, 0.15) is 11.9 Å². The van der Waals surface area contributed by atoms with E-state index in [9.17, 15) is 4.79 Å². The van der Waals surface area contributed by atoms with Crippen molar-refractivity contribution in [3.63, 3.8) is 0 Å². The minimum Gasteiger partial charge on any atom is -0.487 e. The van der Waals surface area contributed by atoms with Crippen molar-refractivity contribution in [3.8, 4) is 17.0 Å². The molecule has 1 fully saturated rings. The maximum absolute atomic E-state index is 12.2. The Kier molecular flexibility index (Phi) is 4.59. The predicted octanol–water partition coefficient (Wildman–Crippen LogP) is 2.22. The van der Waals surface area contributed by atoms with Crippen LogP contribution in [0, 0.1) is 19.8 Å². The van der Waals surface area contributed by atoms with E-state index in [1.54, 1.807) is 6.20 Å². The topological polar surface area (TPSA) is 73.3 Å². The highest BCUT2D eigenvalue weighted by atomic mass is 16.5. The molecule has 2 aliphatic heterocycles. The van der Waals surface area contributed by atoms with Crippen LogP contribution in [0.1, 0.15) is 23.4 Å². The zero-order valence-corrected chi connectivity index (χ0v) is 15.1. The van der Waals surface area contributed by atoms with Crippen molar-refractivity contribution in [2.75, 3.05) is 19.8 Å². The van der Waals surface area contributed by atoms with Gasteiger partial charge in [0.15, 0.2) is 0 Å². The summed E-state index contributed by atoms with van der Waals surface area (Å²) in [6.07, 6.45) is 3.29. The van der Waals surface area contributed by atoms with Crippen molar-refractivity contribution in [3.05, 3.63) is 41.3 Å². The molecule has 6 heteroatoms. The predicted molar refractivity (Wildman–Crippen MR) is 97.0 cm³/mol. The summed E-state index contributed by atoms with van der Waals surface area (Å²) in [5.41, 5.74) is 4.73.